The van der Waals surface area contributed by atoms with Crippen LogP contribution < -0.4 is 0 Å². The molecule has 0 aliphatic heterocycles. The Labute approximate surface area is 613 Å². The SMILES string of the molecule is CCCCCCCCCCCCCCCCCCCC(=O)OC[C@H](COP(=O)(O)OC[C@@H](O)COP(=O)(O)OC[C@@H](COC(=O)CCCCCCCCC(C)CC)OC(=O)CCCCCCCCCCCCCCCCC)OC(=O)CCCCCCCCCCCCCCCCCC(C)C. The molecule has 3 N–H and O–H groups in total. The summed E-state index contributed by atoms with van der Waals surface area (Å²) in [6.07, 6.45) is 62.4. The molecule has 0 fully saturated rings. The van der Waals surface area contributed by atoms with Crippen molar-refractivity contribution in [1.82, 2.24) is 0 Å². The Kier molecular flexibility index (Phi) is 71.2. The van der Waals surface area contributed by atoms with Gasteiger partial charge in [0.1, 0.15) is 19.3 Å². The second-order valence-corrected chi connectivity index (χ2v) is 32.8. The van der Waals surface area contributed by atoms with Crippen LogP contribution in [0.1, 0.15) is 427 Å². The van der Waals surface area contributed by atoms with E-state index in [9.17, 15) is 43.2 Å². The zero-order chi connectivity index (χ0) is 73.5. The molecular weight excluding hydrogens is 1310 g/mol. The van der Waals surface area contributed by atoms with E-state index in [1.165, 1.54) is 238 Å². The molecule has 0 amide bonds. The molecule has 0 rings (SSSR count). The van der Waals surface area contributed by atoms with Crippen molar-refractivity contribution in [2.24, 2.45) is 11.8 Å². The molecule has 0 aliphatic rings. The van der Waals surface area contributed by atoms with Crippen LogP contribution in [0.2, 0.25) is 0 Å². The molecule has 0 spiro atoms. The highest BCUT2D eigenvalue weighted by Gasteiger charge is 2.30. The first kappa shape index (κ1) is 98.1. The average Bonchev–Trinajstić information content (AvgIpc) is 0.986. The van der Waals surface area contributed by atoms with Gasteiger partial charge >= 0.3 is 39.5 Å². The van der Waals surface area contributed by atoms with Crippen molar-refractivity contribution in [3.8, 4) is 0 Å². The molecule has 0 aliphatic carbocycles. The van der Waals surface area contributed by atoms with Crippen LogP contribution in [0, 0.1) is 11.8 Å². The fraction of sp³-hybridized carbons (Fsp3) is 0.951. The molecule has 0 heterocycles. The summed E-state index contributed by atoms with van der Waals surface area (Å²) in [4.78, 5) is 73.0. The lowest BCUT2D eigenvalue weighted by Crippen LogP contribution is -2.30. The topological polar surface area (TPSA) is 237 Å². The van der Waals surface area contributed by atoms with Crippen LogP contribution in [0.5, 0.6) is 0 Å². The number of unbranched alkanes of at least 4 members (excludes halogenated alkanes) is 49. The zero-order valence-corrected chi connectivity index (χ0v) is 67.3. The first-order valence-corrected chi connectivity index (χ1v) is 45.0. The lowest BCUT2D eigenvalue weighted by Gasteiger charge is -2.21. The van der Waals surface area contributed by atoms with Gasteiger partial charge in [-0.1, -0.05) is 375 Å². The molecule has 6 atom stereocenters. The van der Waals surface area contributed by atoms with Gasteiger partial charge in [-0.2, -0.15) is 0 Å². The van der Waals surface area contributed by atoms with E-state index in [0.29, 0.717) is 25.7 Å². The molecule has 0 aromatic carbocycles. The lowest BCUT2D eigenvalue weighted by molar-refractivity contribution is -0.161. The Morgan fingerprint density at radius 2 is 0.510 bits per heavy atom. The zero-order valence-electron chi connectivity index (χ0n) is 65.5. The number of ether oxygens (including phenoxy) is 4. The van der Waals surface area contributed by atoms with Gasteiger partial charge in [0.05, 0.1) is 26.4 Å². The average molecular weight is 1470 g/mol. The predicted molar refractivity (Wildman–Crippen MR) is 409 cm³/mol. The second-order valence-electron chi connectivity index (χ2n) is 29.9. The van der Waals surface area contributed by atoms with Gasteiger partial charge < -0.3 is 33.8 Å². The summed E-state index contributed by atoms with van der Waals surface area (Å²) in [5.41, 5.74) is 0. The van der Waals surface area contributed by atoms with E-state index in [1.807, 2.05) is 0 Å². The molecular formula is C81H158O17P2. The van der Waals surface area contributed by atoms with E-state index in [0.717, 1.165) is 108 Å². The largest absolute Gasteiger partial charge is 0.472 e. The van der Waals surface area contributed by atoms with E-state index < -0.39 is 97.5 Å². The van der Waals surface area contributed by atoms with Gasteiger partial charge in [-0.05, 0) is 37.5 Å². The maximum atomic E-state index is 13.1. The number of hydrogen-bond donors (Lipinski definition) is 3. The molecule has 594 valence electrons. The number of carbonyl (C=O) groups excluding carboxylic acids is 4. The summed E-state index contributed by atoms with van der Waals surface area (Å²) in [6.45, 7) is 9.63. The van der Waals surface area contributed by atoms with Crippen molar-refractivity contribution in [3.63, 3.8) is 0 Å². The van der Waals surface area contributed by atoms with Crippen molar-refractivity contribution in [2.45, 2.75) is 445 Å². The van der Waals surface area contributed by atoms with E-state index >= 15 is 0 Å². The minimum atomic E-state index is -4.96. The maximum absolute atomic E-state index is 13.1. The van der Waals surface area contributed by atoms with Gasteiger partial charge in [-0.15, -0.1) is 0 Å². The third-order valence-electron chi connectivity index (χ3n) is 19.3. The van der Waals surface area contributed by atoms with Crippen LogP contribution >= 0.6 is 15.6 Å². The van der Waals surface area contributed by atoms with E-state index in [2.05, 4.69) is 41.5 Å². The molecule has 0 saturated carbocycles. The first-order valence-electron chi connectivity index (χ1n) is 42.0. The molecule has 3 unspecified atom stereocenters. The van der Waals surface area contributed by atoms with Crippen LogP contribution in [-0.2, 0) is 65.4 Å². The summed E-state index contributed by atoms with van der Waals surface area (Å²) >= 11 is 0. The molecule has 0 saturated heterocycles. The number of hydrogen-bond acceptors (Lipinski definition) is 15. The third-order valence-corrected chi connectivity index (χ3v) is 21.2. The fourth-order valence-electron chi connectivity index (χ4n) is 12.5. The Morgan fingerprint density at radius 3 is 0.760 bits per heavy atom. The van der Waals surface area contributed by atoms with Gasteiger partial charge in [0.25, 0.3) is 0 Å². The van der Waals surface area contributed by atoms with Gasteiger partial charge in [0.15, 0.2) is 12.2 Å². The number of aliphatic hydroxyl groups excluding tert-OH is 1. The van der Waals surface area contributed by atoms with Crippen LogP contribution in [-0.4, -0.2) is 96.7 Å². The van der Waals surface area contributed by atoms with E-state index in [-0.39, 0.29) is 25.7 Å². The van der Waals surface area contributed by atoms with Crippen molar-refractivity contribution < 1.29 is 80.2 Å². The summed E-state index contributed by atoms with van der Waals surface area (Å²) < 4.78 is 68.7. The highest BCUT2D eigenvalue weighted by Crippen LogP contribution is 2.45. The van der Waals surface area contributed by atoms with Crippen LogP contribution in [0.3, 0.4) is 0 Å². The standard InChI is InChI=1S/C81H158O17P2/c1-7-10-12-14-16-18-20-22-24-25-29-32-36-40-44-51-57-63-78(83)91-69-76(97-80(85)65-60-54-46-42-38-34-30-26-28-31-35-39-43-49-55-61-73(4)5)71-95-99(87,88)93-67-75(82)68-94-100(89,90)96-72-77(70-92-79(84)64-58-52-48-47-50-56-62-74(6)9-3)98-81(86)66-59-53-45-41-37-33-27-23-21-19-17-15-13-11-8-2/h73-77,82H,7-72H2,1-6H3,(H,87,88)(H,89,90)/t74?,75-,76-,77-/m1/s1. The van der Waals surface area contributed by atoms with E-state index in [1.54, 1.807) is 0 Å². The highest BCUT2D eigenvalue weighted by molar-refractivity contribution is 7.47. The number of aliphatic hydroxyl groups is 1. The van der Waals surface area contributed by atoms with Crippen molar-refractivity contribution in [3.05, 3.63) is 0 Å². The van der Waals surface area contributed by atoms with Crippen LogP contribution in [0.15, 0.2) is 0 Å². The van der Waals surface area contributed by atoms with Crippen LogP contribution in [0.4, 0.5) is 0 Å². The van der Waals surface area contributed by atoms with Crippen molar-refractivity contribution in [1.29, 1.82) is 0 Å². The lowest BCUT2D eigenvalue weighted by atomic mass is 10.00. The minimum absolute atomic E-state index is 0.107. The molecule has 0 bridgehead atoms. The Bertz CT molecular complexity index is 1930. The molecule has 0 aromatic rings. The minimum Gasteiger partial charge on any atom is -0.462 e. The van der Waals surface area contributed by atoms with Gasteiger partial charge in [-0.25, -0.2) is 9.13 Å². The van der Waals surface area contributed by atoms with Gasteiger partial charge in [-0.3, -0.25) is 37.3 Å². The predicted octanol–water partition coefficient (Wildman–Crippen LogP) is 24.3. The number of phosphoric ester groups is 2. The monoisotopic (exact) mass is 1470 g/mol. The summed E-state index contributed by atoms with van der Waals surface area (Å²) in [6, 6.07) is 0. The molecule has 17 nitrogen and oxygen atoms in total. The quantitative estimate of drug-likeness (QED) is 0.0222. The maximum Gasteiger partial charge on any atom is 0.472 e. The van der Waals surface area contributed by atoms with Crippen LogP contribution in [0.25, 0.3) is 0 Å². The summed E-state index contributed by atoms with van der Waals surface area (Å²) in [5.74, 6) is -0.574. The number of rotatable bonds is 80. The first-order chi connectivity index (χ1) is 48.4. The summed E-state index contributed by atoms with van der Waals surface area (Å²) in [7, 11) is -9.92. The highest BCUT2D eigenvalue weighted by atomic mass is 31.2. The number of phosphoric acid groups is 2. The Balaban J connectivity index is 5.25. The van der Waals surface area contributed by atoms with Crippen molar-refractivity contribution >= 4 is 39.5 Å². The van der Waals surface area contributed by atoms with Crippen molar-refractivity contribution in [2.75, 3.05) is 39.6 Å². The summed E-state index contributed by atoms with van der Waals surface area (Å²) in [5, 5.41) is 10.6. The third kappa shape index (κ3) is 73.0. The second kappa shape index (κ2) is 72.6. The van der Waals surface area contributed by atoms with Gasteiger partial charge in [0, 0.05) is 25.7 Å². The van der Waals surface area contributed by atoms with E-state index in [4.69, 9.17) is 37.0 Å². The Hall–Kier alpha value is -1.94. The Morgan fingerprint density at radius 1 is 0.290 bits per heavy atom. The molecule has 100 heavy (non-hydrogen) atoms. The number of esters is 4. The fourth-order valence-corrected chi connectivity index (χ4v) is 14.1. The molecule has 19 heteroatoms. The molecule has 0 radical (unpaired) electrons. The number of carbonyl (C=O) groups is 4. The van der Waals surface area contributed by atoms with Gasteiger partial charge in [0.2, 0.25) is 0 Å². The smallest absolute Gasteiger partial charge is 0.462 e. The molecule has 0 aromatic heterocycles. The normalized spacial score (nSPS) is 14.2.